The minimum Gasteiger partial charge on any atom is -0.462 e. The highest BCUT2D eigenvalue weighted by Crippen LogP contribution is 2.32. The fourth-order valence-electron chi connectivity index (χ4n) is 2.03. The van der Waals surface area contributed by atoms with E-state index in [0.29, 0.717) is 17.9 Å². The van der Waals surface area contributed by atoms with E-state index in [2.05, 4.69) is 10.1 Å². The molecular formula is C13H17N3O3S. The molecule has 0 radical (unpaired) electrons. The van der Waals surface area contributed by atoms with Crippen LogP contribution in [0.2, 0.25) is 0 Å². The lowest BCUT2D eigenvalue weighted by Crippen LogP contribution is -2.08. The van der Waals surface area contributed by atoms with Crippen molar-refractivity contribution in [2.24, 2.45) is 7.05 Å². The van der Waals surface area contributed by atoms with Crippen LogP contribution in [0, 0.1) is 6.92 Å². The maximum absolute atomic E-state index is 12.0. The number of esters is 1. The third-order valence-electron chi connectivity index (χ3n) is 2.81. The summed E-state index contributed by atoms with van der Waals surface area (Å²) in [6.07, 6.45) is 1.52. The lowest BCUT2D eigenvalue weighted by atomic mass is 10.2. The van der Waals surface area contributed by atoms with Gasteiger partial charge in [-0.25, -0.2) is 9.78 Å². The van der Waals surface area contributed by atoms with Crippen LogP contribution in [0.3, 0.4) is 0 Å². The molecule has 2 rings (SSSR count). The number of carbonyl (C=O) groups excluding carboxylic acids is 1. The molecule has 0 fully saturated rings. The molecule has 2 heterocycles. The van der Waals surface area contributed by atoms with Crippen LogP contribution in [0.5, 0.6) is 0 Å². The van der Waals surface area contributed by atoms with E-state index in [9.17, 15) is 4.79 Å². The second-order valence-corrected chi connectivity index (χ2v) is 5.31. The summed E-state index contributed by atoms with van der Waals surface area (Å²) in [4.78, 5) is 17.1. The molecule has 0 aromatic carbocycles. The predicted molar refractivity (Wildman–Crippen MR) is 77.0 cm³/mol. The molecule has 1 N–H and O–H groups in total. The van der Waals surface area contributed by atoms with Gasteiger partial charge in [-0.15, -0.1) is 11.8 Å². The molecule has 0 saturated heterocycles. The number of hydrogen-bond acceptors (Lipinski definition) is 6. The average molecular weight is 295 g/mol. The molecule has 0 bridgehead atoms. The Labute approximate surface area is 121 Å². The first-order valence-corrected chi connectivity index (χ1v) is 7.31. The zero-order valence-electron chi connectivity index (χ0n) is 11.7. The Morgan fingerprint density at radius 3 is 2.95 bits per heavy atom. The van der Waals surface area contributed by atoms with Crippen molar-refractivity contribution < 1.29 is 14.6 Å². The Morgan fingerprint density at radius 2 is 2.30 bits per heavy atom. The SMILES string of the molecule is CCOC(=O)c1cnc2c(c(C)nn2C)c1SCCO. The normalized spacial score (nSPS) is 11.0. The molecule has 0 aliphatic rings. The van der Waals surface area contributed by atoms with Crippen LogP contribution in [0.25, 0.3) is 11.0 Å². The first kappa shape index (κ1) is 14.8. The summed E-state index contributed by atoms with van der Waals surface area (Å²) in [6, 6.07) is 0. The summed E-state index contributed by atoms with van der Waals surface area (Å²) >= 11 is 1.41. The molecule has 0 amide bonds. The van der Waals surface area contributed by atoms with Crippen molar-refractivity contribution in [2.45, 2.75) is 18.7 Å². The van der Waals surface area contributed by atoms with Gasteiger partial charge in [0.25, 0.3) is 0 Å². The Kier molecular flexibility index (Phi) is 4.61. The topological polar surface area (TPSA) is 77.2 Å². The second kappa shape index (κ2) is 6.23. The number of rotatable bonds is 5. The predicted octanol–water partition coefficient (Wildman–Crippen LogP) is 1.54. The maximum Gasteiger partial charge on any atom is 0.340 e. The van der Waals surface area contributed by atoms with Crippen LogP contribution in [-0.2, 0) is 11.8 Å². The smallest absolute Gasteiger partial charge is 0.340 e. The summed E-state index contributed by atoms with van der Waals surface area (Å²) in [5.41, 5.74) is 1.95. The Bertz CT molecular complexity index is 639. The van der Waals surface area contributed by atoms with Gasteiger partial charge in [0, 0.05) is 23.9 Å². The lowest BCUT2D eigenvalue weighted by molar-refractivity contribution is 0.0522. The largest absolute Gasteiger partial charge is 0.462 e. The van der Waals surface area contributed by atoms with Crippen LogP contribution in [-0.4, -0.2) is 44.8 Å². The number of pyridine rings is 1. The van der Waals surface area contributed by atoms with Crippen molar-refractivity contribution in [3.8, 4) is 0 Å². The van der Waals surface area contributed by atoms with E-state index in [1.54, 1.807) is 11.6 Å². The van der Waals surface area contributed by atoms with Crippen molar-refractivity contribution >= 4 is 28.8 Å². The highest BCUT2D eigenvalue weighted by molar-refractivity contribution is 7.99. The highest BCUT2D eigenvalue weighted by atomic mass is 32.2. The second-order valence-electron chi connectivity index (χ2n) is 4.20. The number of nitrogens with zero attached hydrogens (tertiary/aromatic N) is 3. The number of fused-ring (bicyclic) bond motifs is 1. The summed E-state index contributed by atoms with van der Waals surface area (Å²) < 4.78 is 6.75. The first-order chi connectivity index (χ1) is 9.60. The van der Waals surface area contributed by atoms with Gasteiger partial charge in [0.15, 0.2) is 5.65 Å². The summed E-state index contributed by atoms with van der Waals surface area (Å²) in [6.45, 7) is 3.99. The molecule has 6 nitrogen and oxygen atoms in total. The Balaban J connectivity index is 2.62. The Morgan fingerprint density at radius 1 is 1.55 bits per heavy atom. The van der Waals surface area contributed by atoms with Crippen LogP contribution >= 0.6 is 11.8 Å². The quantitative estimate of drug-likeness (QED) is 0.666. The van der Waals surface area contributed by atoms with Gasteiger partial charge in [-0.2, -0.15) is 5.10 Å². The van der Waals surface area contributed by atoms with E-state index in [1.807, 2.05) is 14.0 Å². The summed E-state index contributed by atoms with van der Waals surface area (Å²) in [5.74, 6) is 0.102. The van der Waals surface area contributed by atoms with Gasteiger partial charge in [-0.1, -0.05) is 0 Å². The number of thioether (sulfide) groups is 1. The molecule has 0 atom stereocenters. The van der Waals surface area contributed by atoms with Gasteiger partial charge in [0.1, 0.15) is 0 Å². The minimum atomic E-state index is -0.398. The number of ether oxygens (including phenoxy) is 1. The summed E-state index contributed by atoms with van der Waals surface area (Å²) in [5, 5.41) is 14.2. The average Bonchev–Trinajstić information content (AvgIpc) is 2.72. The van der Waals surface area contributed by atoms with Crippen LogP contribution < -0.4 is 0 Å². The fraction of sp³-hybridized carbons (Fsp3) is 0.462. The molecule has 0 spiro atoms. The number of aryl methyl sites for hydroxylation is 2. The molecule has 0 aliphatic heterocycles. The van der Waals surface area contributed by atoms with Crippen LogP contribution in [0.15, 0.2) is 11.1 Å². The third kappa shape index (κ3) is 2.64. The van der Waals surface area contributed by atoms with E-state index in [1.165, 1.54) is 18.0 Å². The standard InChI is InChI=1S/C13H17N3O3S/c1-4-19-13(18)9-7-14-12-10(8(2)15-16(12)3)11(9)20-6-5-17/h7,17H,4-6H2,1-3H3. The van der Waals surface area contributed by atoms with Crippen molar-refractivity contribution in [1.29, 1.82) is 0 Å². The summed E-state index contributed by atoms with van der Waals surface area (Å²) in [7, 11) is 1.81. The maximum atomic E-state index is 12.0. The first-order valence-electron chi connectivity index (χ1n) is 6.33. The Hall–Kier alpha value is -1.60. The molecular weight excluding hydrogens is 278 g/mol. The van der Waals surface area contributed by atoms with Gasteiger partial charge in [-0.05, 0) is 13.8 Å². The van der Waals surface area contributed by atoms with Gasteiger partial charge in [0.05, 0.1) is 29.9 Å². The van der Waals surface area contributed by atoms with Crippen LogP contribution in [0.4, 0.5) is 0 Å². The number of carbonyl (C=O) groups is 1. The highest BCUT2D eigenvalue weighted by Gasteiger charge is 2.20. The van der Waals surface area contributed by atoms with Gasteiger partial charge < -0.3 is 9.84 Å². The van der Waals surface area contributed by atoms with E-state index < -0.39 is 5.97 Å². The van der Waals surface area contributed by atoms with Crippen molar-refractivity contribution in [1.82, 2.24) is 14.8 Å². The molecule has 0 aliphatic carbocycles. The monoisotopic (exact) mass is 295 g/mol. The molecule has 7 heteroatoms. The molecule has 20 heavy (non-hydrogen) atoms. The molecule has 0 unspecified atom stereocenters. The molecule has 108 valence electrons. The number of aliphatic hydroxyl groups is 1. The van der Waals surface area contributed by atoms with Crippen molar-refractivity contribution in [2.75, 3.05) is 19.0 Å². The van der Waals surface area contributed by atoms with Gasteiger partial charge in [-0.3, -0.25) is 4.68 Å². The lowest BCUT2D eigenvalue weighted by Gasteiger charge is -2.09. The van der Waals surface area contributed by atoms with Gasteiger partial charge in [0.2, 0.25) is 0 Å². The van der Waals surface area contributed by atoms with E-state index in [0.717, 1.165) is 21.6 Å². The van der Waals surface area contributed by atoms with E-state index in [4.69, 9.17) is 9.84 Å². The van der Waals surface area contributed by atoms with E-state index in [-0.39, 0.29) is 6.61 Å². The molecule has 2 aromatic rings. The minimum absolute atomic E-state index is 0.0378. The number of aromatic nitrogens is 3. The third-order valence-corrected chi connectivity index (χ3v) is 3.91. The van der Waals surface area contributed by atoms with Crippen molar-refractivity contribution in [3.63, 3.8) is 0 Å². The van der Waals surface area contributed by atoms with Gasteiger partial charge >= 0.3 is 5.97 Å². The number of hydrogen-bond donors (Lipinski definition) is 1. The van der Waals surface area contributed by atoms with E-state index >= 15 is 0 Å². The molecule has 0 saturated carbocycles. The fourth-order valence-corrected chi connectivity index (χ4v) is 3.00. The van der Waals surface area contributed by atoms with Crippen molar-refractivity contribution in [3.05, 3.63) is 17.5 Å². The zero-order valence-corrected chi connectivity index (χ0v) is 12.5. The molecule has 2 aromatic heterocycles. The zero-order chi connectivity index (χ0) is 14.7. The number of aliphatic hydroxyl groups excluding tert-OH is 1. The van der Waals surface area contributed by atoms with Crippen LogP contribution in [0.1, 0.15) is 23.0 Å².